The summed E-state index contributed by atoms with van der Waals surface area (Å²) >= 11 is 3.41. The number of halogens is 1. The molecule has 1 aromatic carbocycles. The number of hydrogen-bond donors (Lipinski definition) is 1. The smallest absolute Gasteiger partial charge is 0.248 e. The van der Waals surface area contributed by atoms with Crippen LogP contribution in [0.2, 0.25) is 0 Å². The molecular weight excluding hydrogens is 270 g/mol. The first-order valence-corrected chi connectivity index (χ1v) is 6.15. The molecule has 1 aromatic rings. The summed E-state index contributed by atoms with van der Waals surface area (Å²) in [5.41, 5.74) is 1.09. The van der Waals surface area contributed by atoms with Gasteiger partial charge < -0.3 is 10.0 Å². The van der Waals surface area contributed by atoms with Gasteiger partial charge in [-0.15, -0.1) is 0 Å². The lowest BCUT2D eigenvalue weighted by atomic mass is 10.2. The maximum Gasteiger partial charge on any atom is 0.248 e. The highest BCUT2D eigenvalue weighted by molar-refractivity contribution is 9.10. The molecule has 3 nitrogen and oxygen atoms in total. The number of rotatable bonds is 4. The van der Waals surface area contributed by atoms with Gasteiger partial charge in [-0.3, -0.25) is 4.79 Å². The largest absolute Gasteiger partial charge is 0.387 e. The first-order valence-electron chi connectivity index (χ1n) is 5.35. The maximum atomic E-state index is 11.5. The van der Waals surface area contributed by atoms with Crippen molar-refractivity contribution in [2.24, 2.45) is 0 Å². The molecular formula is C12H14BrNO2. The van der Waals surface area contributed by atoms with Crippen LogP contribution in [0.4, 0.5) is 0 Å². The van der Waals surface area contributed by atoms with Gasteiger partial charge in [0.25, 0.3) is 0 Å². The van der Waals surface area contributed by atoms with Crippen LogP contribution in [0.3, 0.4) is 0 Å². The van der Waals surface area contributed by atoms with Crippen molar-refractivity contribution in [2.75, 3.05) is 6.61 Å². The van der Waals surface area contributed by atoms with Crippen molar-refractivity contribution in [2.45, 2.75) is 25.4 Å². The Hall–Kier alpha value is -0.870. The molecule has 0 saturated heterocycles. The number of aliphatic hydroxyl groups is 1. The van der Waals surface area contributed by atoms with E-state index in [1.54, 1.807) is 4.90 Å². The van der Waals surface area contributed by atoms with Crippen molar-refractivity contribution >= 4 is 21.8 Å². The summed E-state index contributed by atoms with van der Waals surface area (Å²) in [4.78, 5) is 13.3. The molecule has 1 aliphatic rings. The van der Waals surface area contributed by atoms with Crippen LogP contribution >= 0.6 is 15.9 Å². The summed E-state index contributed by atoms with van der Waals surface area (Å²) in [6.45, 7) is 0.188. The van der Waals surface area contributed by atoms with E-state index < -0.39 is 6.61 Å². The molecule has 0 atom stereocenters. The highest BCUT2D eigenvalue weighted by Crippen LogP contribution is 2.28. The molecule has 0 bridgehead atoms. The lowest BCUT2D eigenvalue weighted by molar-refractivity contribution is -0.135. The van der Waals surface area contributed by atoms with Gasteiger partial charge >= 0.3 is 0 Å². The summed E-state index contributed by atoms with van der Waals surface area (Å²) in [5.74, 6) is -0.178. The van der Waals surface area contributed by atoms with Crippen molar-refractivity contribution in [3.8, 4) is 0 Å². The average molecular weight is 284 g/mol. The minimum atomic E-state index is -0.398. The van der Waals surface area contributed by atoms with Crippen LogP contribution in [-0.4, -0.2) is 28.6 Å². The molecule has 0 heterocycles. The van der Waals surface area contributed by atoms with E-state index >= 15 is 0 Å². The molecule has 2 rings (SSSR count). The Morgan fingerprint density at radius 1 is 1.50 bits per heavy atom. The zero-order valence-electron chi connectivity index (χ0n) is 8.90. The molecule has 1 N–H and O–H groups in total. The summed E-state index contributed by atoms with van der Waals surface area (Å²) in [6.07, 6.45) is 2.11. The standard InChI is InChI=1S/C12H14BrNO2/c13-10-3-1-2-9(6-10)7-14(11-4-5-11)12(16)8-15/h1-3,6,11,15H,4-5,7-8H2. The third-order valence-corrected chi connectivity index (χ3v) is 3.18. The summed E-state index contributed by atoms with van der Waals surface area (Å²) in [6, 6.07) is 8.23. The van der Waals surface area contributed by atoms with E-state index in [9.17, 15) is 4.79 Å². The number of nitrogens with zero attached hydrogens (tertiary/aromatic N) is 1. The van der Waals surface area contributed by atoms with Crippen LogP contribution in [0.5, 0.6) is 0 Å². The normalized spacial score (nSPS) is 14.9. The van der Waals surface area contributed by atoms with E-state index in [-0.39, 0.29) is 5.91 Å². The van der Waals surface area contributed by atoms with Gasteiger partial charge in [-0.2, -0.15) is 0 Å². The number of amides is 1. The van der Waals surface area contributed by atoms with Gasteiger partial charge in [-0.05, 0) is 30.5 Å². The molecule has 0 aliphatic heterocycles. The van der Waals surface area contributed by atoms with Crippen molar-refractivity contribution in [1.29, 1.82) is 0 Å². The van der Waals surface area contributed by atoms with Gasteiger partial charge in [0.2, 0.25) is 5.91 Å². The fourth-order valence-electron chi connectivity index (χ4n) is 1.73. The topological polar surface area (TPSA) is 40.5 Å². The molecule has 16 heavy (non-hydrogen) atoms. The average Bonchev–Trinajstić information content (AvgIpc) is 3.09. The molecule has 0 radical (unpaired) electrons. The minimum Gasteiger partial charge on any atom is -0.387 e. The van der Waals surface area contributed by atoms with E-state index in [2.05, 4.69) is 15.9 Å². The van der Waals surface area contributed by atoms with Crippen LogP contribution < -0.4 is 0 Å². The van der Waals surface area contributed by atoms with Crippen LogP contribution in [0.25, 0.3) is 0 Å². The first kappa shape index (κ1) is 11.6. The van der Waals surface area contributed by atoms with Gasteiger partial charge in [-0.25, -0.2) is 0 Å². The molecule has 0 aromatic heterocycles. The molecule has 4 heteroatoms. The van der Waals surface area contributed by atoms with Gasteiger partial charge in [-0.1, -0.05) is 28.1 Å². The molecule has 86 valence electrons. The van der Waals surface area contributed by atoms with Crippen LogP contribution in [0, 0.1) is 0 Å². The second-order valence-corrected chi connectivity index (χ2v) is 4.96. The Morgan fingerprint density at radius 2 is 2.25 bits per heavy atom. The Morgan fingerprint density at radius 3 is 2.81 bits per heavy atom. The van der Waals surface area contributed by atoms with E-state index in [0.29, 0.717) is 12.6 Å². The highest BCUT2D eigenvalue weighted by atomic mass is 79.9. The van der Waals surface area contributed by atoms with E-state index in [0.717, 1.165) is 22.9 Å². The van der Waals surface area contributed by atoms with E-state index in [1.165, 1.54) is 0 Å². The highest BCUT2D eigenvalue weighted by Gasteiger charge is 2.31. The Labute approximate surface area is 103 Å². The lowest BCUT2D eigenvalue weighted by Gasteiger charge is -2.21. The van der Waals surface area contributed by atoms with Gasteiger partial charge in [0.05, 0.1) is 0 Å². The SMILES string of the molecule is O=C(CO)N(Cc1cccc(Br)c1)C1CC1. The zero-order chi connectivity index (χ0) is 11.5. The minimum absolute atomic E-state index is 0.178. The monoisotopic (exact) mass is 283 g/mol. The third kappa shape index (κ3) is 2.83. The molecule has 1 aliphatic carbocycles. The number of carbonyl (C=O) groups excluding carboxylic acids is 1. The van der Waals surface area contributed by atoms with Crippen LogP contribution in [0.1, 0.15) is 18.4 Å². The fraction of sp³-hybridized carbons (Fsp3) is 0.417. The zero-order valence-corrected chi connectivity index (χ0v) is 10.5. The second kappa shape index (κ2) is 4.97. The van der Waals surface area contributed by atoms with Crippen molar-refractivity contribution in [3.05, 3.63) is 34.3 Å². The Balaban J connectivity index is 2.08. The Kier molecular flexibility index (Phi) is 3.61. The number of hydrogen-bond acceptors (Lipinski definition) is 2. The van der Waals surface area contributed by atoms with Crippen molar-refractivity contribution in [3.63, 3.8) is 0 Å². The van der Waals surface area contributed by atoms with Crippen LogP contribution in [0.15, 0.2) is 28.7 Å². The van der Waals surface area contributed by atoms with Crippen LogP contribution in [-0.2, 0) is 11.3 Å². The van der Waals surface area contributed by atoms with E-state index in [4.69, 9.17) is 5.11 Å². The van der Waals surface area contributed by atoms with Gasteiger partial charge in [0.15, 0.2) is 0 Å². The Bertz CT molecular complexity index is 390. The second-order valence-electron chi connectivity index (χ2n) is 4.04. The molecule has 1 saturated carbocycles. The van der Waals surface area contributed by atoms with Gasteiger partial charge in [0, 0.05) is 17.1 Å². The summed E-state index contributed by atoms with van der Waals surface area (Å²) < 4.78 is 1.01. The summed E-state index contributed by atoms with van der Waals surface area (Å²) in [7, 11) is 0. The van der Waals surface area contributed by atoms with Crippen molar-refractivity contribution < 1.29 is 9.90 Å². The lowest BCUT2D eigenvalue weighted by Crippen LogP contribution is -2.34. The quantitative estimate of drug-likeness (QED) is 0.917. The molecule has 1 fully saturated rings. The fourth-order valence-corrected chi connectivity index (χ4v) is 2.18. The first-order chi connectivity index (χ1) is 7.70. The van der Waals surface area contributed by atoms with Crippen molar-refractivity contribution in [1.82, 2.24) is 4.90 Å². The number of carbonyl (C=O) groups is 1. The van der Waals surface area contributed by atoms with E-state index in [1.807, 2.05) is 24.3 Å². The van der Waals surface area contributed by atoms with Gasteiger partial charge in [0.1, 0.15) is 6.61 Å². The molecule has 0 spiro atoms. The molecule has 1 amide bonds. The number of aliphatic hydroxyl groups excluding tert-OH is 1. The predicted octanol–water partition coefficient (Wildman–Crippen LogP) is 1.93. The predicted molar refractivity (Wildman–Crippen MR) is 64.8 cm³/mol. The maximum absolute atomic E-state index is 11.5. The number of benzene rings is 1. The molecule has 0 unspecified atom stereocenters. The third-order valence-electron chi connectivity index (χ3n) is 2.69. The summed E-state index contributed by atoms with van der Waals surface area (Å²) in [5, 5.41) is 8.91.